The van der Waals surface area contributed by atoms with Gasteiger partial charge in [0.05, 0.1) is 0 Å². The predicted molar refractivity (Wildman–Crippen MR) is 66.1 cm³/mol. The quantitative estimate of drug-likeness (QED) is 0.747. The van der Waals surface area contributed by atoms with E-state index in [4.69, 9.17) is 11.6 Å². The first-order valence-electron chi connectivity index (χ1n) is 4.72. The largest absolute Gasteiger partial charge is 0.305 e. The lowest BCUT2D eigenvalue weighted by molar-refractivity contribution is 0.359. The summed E-state index contributed by atoms with van der Waals surface area (Å²) in [6.07, 6.45) is 1.06. The summed E-state index contributed by atoms with van der Waals surface area (Å²) in [5.74, 6) is 0.701. The number of hydrogen-bond donors (Lipinski definition) is 0. The van der Waals surface area contributed by atoms with Crippen molar-refractivity contribution in [3.8, 4) is 0 Å². The van der Waals surface area contributed by atoms with Crippen molar-refractivity contribution in [2.75, 3.05) is 26.0 Å². The Bertz CT molecular complexity index is 278. The highest BCUT2D eigenvalue weighted by atomic mass is 79.9. The van der Waals surface area contributed by atoms with Gasteiger partial charge in [-0.2, -0.15) is 0 Å². The third kappa shape index (κ3) is 3.99. The molecule has 0 aliphatic heterocycles. The van der Waals surface area contributed by atoms with Crippen LogP contribution in [0, 0.1) is 0 Å². The monoisotopic (exact) mass is 275 g/mol. The van der Waals surface area contributed by atoms with E-state index in [-0.39, 0.29) is 0 Å². The molecule has 0 aliphatic rings. The zero-order valence-electron chi connectivity index (χ0n) is 8.34. The molecule has 0 aromatic heterocycles. The van der Waals surface area contributed by atoms with Crippen molar-refractivity contribution in [1.82, 2.24) is 4.90 Å². The van der Waals surface area contributed by atoms with Crippen LogP contribution in [0.25, 0.3) is 0 Å². The fourth-order valence-corrected chi connectivity index (χ4v) is 2.04. The molecule has 0 saturated carbocycles. The van der Waals surface area contributed by atoms with Crippen LogP contribution in [-0.2, 0) is 6.42 Å². The molecule has 1 aromatic rings. The normalized spacial score (nSPS) is 10.9. The van der Waals surface area contributed by atoms with Gasteiger partial charge in [-0.3, -0.25) is 0 Å². The van der Waals surface area contributed by atoms with E-state index in [9.17, 15) is 0 Å². The molecule has 0 heterocycles. The van der Waals surface area contributed by atoms with Crippen molar-refractivity contribution in [3.05, 3.63) is 34.3 Å². The van der Waals surface area contributed by atoms with E-state index in [1.807, 2.05) is 6.07 Å². The highest BCUT2D eigenvalue weighted by molar-refractivity contribution is 9.10. The van der Waals surface area contributed by atoms with Crippen LogP contribution in [-0.4, -0.2) is 30.9 Å². The van der Waals surface area contributed by atoms with E-state index in [2.05, 4.69) is 46.1 Å². The molecule has 1 rings (SSSR count). The molecular weight excluding hydrogens is 261 g/mol. The third-order valence-corrected chi connectivity index (χ3v) is 3.13. The van der Waals surface area contributed by atoms with Crippen LogP contribution in [0.15, 0.2) is 28.7 Å². The molecule has 3 heteroatoms. The number of alkyl halides is 1. The van der Waals surface area contributed by atoms with Gasteiger partial charge >= 0.3 is 0 Å². The molecular formula is C11H15BrClN. The Balaban J connectivity index is 2.41. The first-order valence-corrected chi connectivity index (χ1v) is 6.04. The zero-order chi connectivity index (χ0) is 10.4. The smallest absolute Gasteiger partial charge is 0.0351 e. The van der Waals surface area contributed by atoms with Crippen molar-refractivity contribution < 1.29 is 0 Å². The van der Waals surface area contributed by atoms with Crippen LogP contribution in [0.3, 0.4) is 0 Å². The van der Waals surface area contributed by atoms with E-state index in [1.54, 1.807) is 0 Å². The lowest BCUT2D eigenvalue weighted by Gasteiger charge is -2.15. The van der Waals surface area contributed by atoms with Crippen molar-refractivity contribution in [2.45, 2.75) is 6.42 Å². The molecule has 0 saturated heterocycles. The molecule has 1 nitrogen and oxygen atoms in total. The summed E-state index contributed by atoms with van der Waals surface area (Å²) in [4.78, 5) is 2.24. The van der Waals surface area contributed by atoms with E-state index < -0.39 is 0 Å². The van der Waals surface area contributed by atoms with Gasteiger partial charge in [-0.25, -0.2) is 0 Å². The lowest BCUT2D eigenvalue weighted by atomic mass is 10.1. The summed E-state index contributed by atoms with van der Waals surface area (Å²) in [6.45, 7) is 2.00. The van der Waals surface area contributed by atoms with E-state index in [0.717, 1.165) is 19.5 Å². The Morgan fingerprint density at radius 1 is 1.29 bits per heavy atom. The van der Waals surface area contributed by atoms with Gasteiger partial charge in [0.2, 0.25) is 0 Å². The predicted octanol–water partition coefficient (Wildman–Crippen LogP) is 3.16. The fourth-order valence-electron chi connectivity index (χ4n) is 1.27. The standard InChI is InChI=1S/C11H15BrClN/c1-14(9-7-13)8-6-10-4-2-3-5-11(10)12/h2-5H,6-9H2,1H3. The second kappa shape index (κ2) is 6.44. The summed E-state index contributed by atoms with van der Waals surface area (Å²) in [7, 11) is 2.10. The number of halogens is 2. The second-order valence-corrected chi connectivity index (χ2v) is 4.57. The lowest BCUT2D eigenvalue weighted by Crippen LogP contribution is -2.23. The Morgan fingerprint density at radius 3 is 2.64 bits per heavy atom. The van der Waals surface area contributed by atoms with Gasteiger partial charge in [-0.05, 0) is 25.1 Å². The van der Waals surface area contributed by atoms with Crippen LogP contribution in [0.2, 0.25) is 0 Å². The number of nitrogens with zero attached hydrogens (tertiary/aromatic N) is 1. The van der Waals surface area contributed by atoms with Crippen LogP contribution < -0.4 is 0 Å². The first-order chi connectivity index (χ1) is 6.74. The van der Waals surface area contributed by atoms with Crippen molar-refractivity contribution in [2.24, 2.45) is 0 Å². The highest BCUT2D eigenvalue weighted by Crippen LogP contribution is 2.16. The molecule has 0 atom stereocenters. The van der Waals surface area contributed by atoms with Gasteiger partial charge < -0.3 is 4.90 Å². The summed E-state index contributed by atoms with van der Waals surface area (Å²) < 4.78 is 1.19. The molecule has 1 aromatic carbocycles. The van der Waals surface area contributed by atoms with Crippen LogP contribution in [0.4, 0.5) is 0 Å². The van der Waals surface area contributed by atoms with Crippen molar-refractivity contribution in [3.63, 3.8) is 0 Å². The number of hydrogen-bond acceptors (Lipinski definition) is 1. The molecule has 0 aliphatic carbocycles. The average Bonchev–Trinajstić information content (AvgIpc) is 2.17. The average molecular weight is 277 g/mol. The van der Waals surface area contributed by atoms with Crippen LogP contribution in [0.5, 0.6) is 0 Å². The Labute approximate surface area is 99.2 Å². The topological polar surface area (TPSA) is 3.24 Å². The minimum Gasteiger partial charge on any atom is -0.305 e. The molecule has 0 spiro atoms. The van der Waals surface area contributed by atoms with Gasteiger partial charge in [0.1, 0.15) is 0 Å². The fraction of sp³-hybridized carbons (Fsp3) is 0.455. The number of rotatable bonds is 5. The second-order valence-electron chi connectivity index (χ2n) is 3.33. The van der Waals surface area contributed by atoms with Crippen LogP contribution >= 0.6 is 27.5 Å². The van der Waals surface area contributed by atoms with E-state index in [1.165, 1.54) is 10.0 Å². The van der Waals surface area contributed by atoms with Gasteiger partial charge in [-0.1, -0.05) is 34.1 Å². The Kier molecular flexibility index (Phi) is 5.53. The maximum atomic E-state index is 5.66. The van der Waals surface area contributed by atoms with E-state index >= 15 is 0 Å². The SMILES string of the molecule is CN(CCCl)CCc1ccccc1Br. The molecule has 78 valence electrons. The molecule has 0 bridgehead atoms. The van der Waals surface area contributed by atoms with E-state index in [0.29, 0.717) is 5.88 Å². The molecule has 0 fully saturated rings. The first kappa shape index (κ1) is 12.0. The summed E-state index contributed by atoms with van der Waals surface area (Å²) >= 11 is 9.20. The van der Waals surface area contributed by atoms with Gasteiger partial charge in [0, 0.05) is 23.4 Å². The molecule has 0 radical (unpaired) electrons. The Hall–Kier alpha value is -0.0500. The zero-order valence-corrected chi connectivity index (χ0v) is 10.7. The maximum absolute atomic E-state index is 5.66. The minimum atomic E-state index is 0.701. The Morgan fingerprint density at radius 2 is 2.00 bits per heavy atom. The third-order valence-electron chi connectivity index (χ3n) is 2.19. The highest BCUT2D eigenvalue weighted by Gasteiger charge is 2.01. The minimum absolute atomic E-state index is 0.701. The molecule has 14 heavy (non-hydrogen) atoms. The summed E-state index contributed by atoms with van der Waals surface area (Å²) in [5, 5.41) is 0. The van der Waals surface area contributed by atoms with Gasteiger partial charge in [0.15, 0.2) is 0 Å². The summed E-state index contributed by atoms with van der Waals surface area (Å²) in [5.41, 5.74) is 1.36. The molecule has 0 amide bonds. The van der Waals surface area contributed by atoms with Crippen molar-refractivity contribution in [1.29, 1.82) is 0 Å². The molecule has 0 unspecified atom stereocenters. The van der Waals surface area contributed by atoms with Gasteiger partial charge in [-0.15, -0.1) is 11.6 Å². The number of likely N-dealkylation sites (N-methyl/N-ethyl adjacent to an activating group) is 1. The van der Waals surface area contributed by atoms with Gasteiger partial charge in [0.25, 0.3) is 0 Å². The summed E-state index contributed by atoms with van der Waals surface area (Å²) in [6, 6.07) is 8.34. The van der Waals surface area contributed by atoms with Crippen molar-refractivity contribution >= 4 is 27.5 Å². The van der Waals surface area contributed by atoms with Crippen LogP contribution in [0.1, 0.15) is 5.56 Å². The number of benzene rings is 1. The molecule has 0 N–H and O–H groups in total. The maximum Gasteiger partial charge on any atom is 0.0351 e.